The van der Waals surface area contributed by atoms with Gasteiger partial charge in [0, 0.05) is 13.7 Å². The van der Waals surface area contributed by atoms with E-state index in [9.17, 15) is 10.2 Å². The molecule has 3 N–H and O–H groups in total. The highest BCUT2D eigenvalue weighted by molar-refractivity contribution is 5.28. The predicted octanol–water partition coefficient (Wildman–Crippen LogP) is 6.89. The first-order valence-corrected chi connectivity index (χ1v) is 14.2. The van der Waals surface area contributed by atoms with Gasteiger partial charge < -0.3 is 20.1 Å². The third-order valence-electron chi connectivity index (χ3n) is 8.64. The highest BCUT2D eigenvalue weighted by atomic mass is 16.5. The van der Waals surface area contributed by atoms with Crippen LogP contribution in [0.5, 0.6) is 0 Å². The number of ether oxygens (including phenoxy) is 1. The normalized spacial score (nSPS) is 32.6. The van der Waals surface area contributed by atoms with Crippen LogP contribution in [0.15, 0.2) is 34.9 Å². The summed E-state index contributed by atoms with van der Waals surface area (Å²) in [7, 11) is 1.70. The first-order chi connectivity index (χ1) is 16.6. The molecule has 3 rings (SSSR count). The van der Waals surface area contributed by atoms with Crippen molar-refractivity contribution in [2.75, 3.05) is 20.3 Å². The highest BCUT2D eigenvalue weighted by Crippen LogP contribution is 2.58. The van der Waals surface area contributed by atoms with Crippen molar-refractivity contribution < 1.29 is 20.1 Å². The summed E-state index contributed by atoms with van der Waals surface area (Å²) in [6.07, 6.45) is 21.4. The zero-order valence-corrected chi connectivity index (χ0v) is 23.3. The molecule has 0 aromatic carbocycles. The summed E-state index contributed by atoms with van der Waals surface area (Å²) in [5, 5.41) is 28.3. The van der Waals surface area contributed by atoms with Crippen molar-refractivity contribution in [2.24, 2.45) is 17.3 Å². The van der Waals surface area contributed by atoms with Crippen LogP contribution in [0.2, 0.25) is 0 Å². The maximum atomic E-state index is 10.5. The Hall–Kier alpha value is -0.940. The summed E-state index contributed by atoms with van der Waals surface area (Å²) in [6, 6.07) is 0. The smallest absolute Gasteiger partial charge is 0.0788 e. The van der Waals surface area contributed by atoms with Crippen molar-refractivity contribution in [1.29, 1.82) is 0 Å². The van der Waals surface area contributed by atoms with Crippen molar-refractivity contribution >= 4 is 0 Å². The minimum Gasteiger partial charge on any atom is -0.396 e. The molecule has 3 fully saturated rings. The molecule has 0 bridgehead atoms. The second-order valence-corrected chi connectivity index (χ2v) is 12.0. The molecule has 4 unspecified atom stereocenters. The molecule has 3 aliphatic rings. The van der Waals surface area contributed by atoms with Gasteiger partial charge in [-0.3, -0.25) is 0 Å². The van der Waals surface area contributed by atoms with E-state index in [0.717, 1.165) is 55.9 Å². The number of methoxy groups -OCH3 is 1. The summed E-state index contributed by atoms with van der Waals surface area (Å²) in [5.74, 6) is 1.57. The van der Waals surface area contributed by atoms with E-state index in [1.807, 2.05) is 26.8 Å². The third kappa shape index (κ3) is 9.46. The fourth-order valence-electron chi connectivity index (χ4n) is 6.53. The number of hydrogen-bond acceptors (Lipinski definition) is 4. The van der Waals surface area contributed by atoms with E-state index < -0.39 is 5.60 Å². The van der Waals surface area contributed by atoms with Crippen LogP contribution >= 0.6 is 0 Å². The molecule has 0 saturated heterocycles. The molecule has 0 radical (unpaired) electrons. The molecule has 0 aromatic rings. The number of rotatable bonds is 9. The third-order valence-corrected chi connectivity index (χ3v) is 8.64. The summed E-state index contributed by atoms with van der Waals surface area (Å²) in [4.78, 5) is 0. The number of aliphatic hydroxyl groups is 3. The van der Waals surface area contributed by atoms with Crippen LogP contribution in [0.1, 0.15) is 111 Å². The minimum absolute atomic E-state index is 0.319. The topological polar surface area (TPSA) is 69.9 Å². The van der Waals surface area contributed by atoms with Crippen LogP contribution in [0, 0.1) is 17.3 Å². The van der Waals surface area contributed by atoms with E-state index in [-0.39, 0.29) is 6.10 Å². The zero-order chi connectivity index (χ0) is 25.9. The monoisotopic (exact) mass is 490 g/mol. The van der Waals surface area contributed by atoms with Gasteiger partial charge in [-0.1, -0.05) is 56.1 Å². The fourth-order valence-corrected chi connectivity index (χ4v) is 6.53. The van der Waals surface area contributed by atoms with Gasteiger partial charge in [0.05, 0.1) is 18.3 Å². The Balaban J connectivity index is 0.00000100. The average Bonchev–Trinajstić information content (AvgIpc) is 3.16. The van der Waals surface area contributed by atoms with Gasteiger partial charge in [-0.2, -0.15) is 0 Å². The molecular formula is C31H54O4. The fraction of sp³-hybridized carbons (Fsp3) is 0.806. The minimum atomic E-state index is -0.524. The van der Waals surface area contributed by atoms with E-state index >= 15 is 0 Å². The Morgan fingerprint density at radius 1 is 1.09 bits per heavy atom. The first-order valence-electron chi connectivity index (χ1n) is 14.2. The van der Waals surface area contributed by atoms with E-state index in [1.165, 1.54) is 50.5 Å². The zero-order valence-electron chi connectivity index (χ0n) is 23.3. The number of unbranched alkanes of at least 4 members (excludes halogenated alkanes) is 1. The maximum absolute atomic E-state index is 10.5. The largest absolute Gasteiger partial charge is 0.396 e. The number of fused-ring (bicyclic) bond motifs is 1. The van der Waals surface area contributed by atoms with Gasteiger partial charge >= 0.3 is 0 Å². The molecule has 4 nitrogen and oxygen atoms in total. The lowest BCUT2D eigenvalue weighted by Crippen LogP contribution is -2.33. The first kappa shape index (κ1) is 30.3. The summed E-state index contributed by atoms with van der Waals surface area (Å²) in [6.45, 7) is 9.25. The van der Waals surface area contributed by atoms with Crippen molar-refractivity contribution in [3.8, 4) is 0 Å². The Morgan fingerprint density at radius 2 is 1.83 bits per heavy atom. The molecule has 4 atom stereocenters. The van der Waals surface area contributed by atoms with Crippen LogP contribution in [-0.4, -0.2) is 47.3 Å². The number of aliphatic hydroxyl groups excluding tert-OH is 2. The Kier molecular flexibility index (Phi) is 12.7. The molecule has 35 heavy (non-hydrogen) atoms. The summed E-state index contributed by atoms with van der Waals surface area (Å²) >= 11 is 0. The molecule has 0 aromatic heterocycles. The van der Waals surface area contributed by atoms with Crippen LogP contribution in [0.25, 0.3) is 0 Å². The van der Waals surface area contributed by atoms with Crippen LogP contribution < -0.4 is 0 Å². The van der Waals surface area contributed by atoms with Gasteiger partial charge in [-0.15, -0.1) is 0 Å². The van der Waals surface area contributed by atoms with Crippen LogP contribution in [-0.2, 0) is 4.74 Å². The summed E-state index contributed by atoms with van der Waals surface area (Å²) < 4.78 is 5.13. The molecule has 0 spiro atoms. The van der Waals surface area contributed by atoms with Crippen LogP contribution in [0.3, 0.4) is 0 Å². The quantitative estimate of drug-likeness (QED) is 0.243. The SMILES string of the molecule is CCCO.COC/C=C1\CC/C(=C/C=C2\CCCC3(C)C(CCCCC(C)(C)O)CCC23)CC1O. The van der Waals surface area contributed by atoms with Gasteiger partial charge in [0.2, 0.25) is 0 Å². The molecule has 3 saturated carbocycles. The molecule has 202 valence electrons. The molecule has 4 heteroatoms. The van der Waals surface area contributed by atoms with E-state index in [2.05, 4.69) is 19.1 Å². The van der Waals surface area contributed by atoms with Crippen molar-refractivity contribution in [1.82, 2.24) is 0 Å². The van der Waals surface area contributed by atoms with Gasteiger partial charge in [0.25, 0.3) is 0 Å². The highest BCUT2D eigenvalue weighted by Gasteiger charge is 2.48. The number of hydrogen-bond donors (Lipinski definition) is 3. The molecule has 0 aliphatic heterocycles. The number of allylic oxidation sites excluding steroid dienone is 3. The Morgan fingerprint density at radius 3 is 2.46 bits per heavy atom. The lowest BCUT2D eigenvalue weighted by atomic mass is 9.62. The lowest BCUT2D eigenvalue weighted by Gasteiger charge is -2.42. The average molecular weight is 491 g/mol. The molecular weight excluding hydrogens is 436 g/mol. The lowest BCUT2D eigenvalue weighted by molar-refractivity contribution is 0.0659. The van der Waals surface area contributed by atoms with Gasteiger partial charge in [-0.05, 0) is 107 Å². The Bertz CT molecular complexity index is 712. The Labute approximate surface area is 215 Å². The van der Waals surface area contributed by atoms with Gasteiger partial charge in [-0.25, -0.2) is 0 Å². The molecule has 3 aliphatic carbocycles. The second kappa shape index (κ2) is 14.7. The van der Waals surface area contributed by atoms with E-state index in [1.54, 1.807) is 12.7 Å². The standard InChI is InChI=1S/C28H46O3.C3H8O/c1-27(2,30)17-6-5-9-24-14-15-25-22(8-7-18-28(24,25)3)12-10-21-11-13-23(16-19-31-4)26(29)20-21;1-2-3-4/h10,12,16,24-26,29-30H,5-9,11,13-15,17-20H2,1-4H3;4H,2-3H2,1H3/b21-10-,22-12+,23-16+;. The van der Waals surface area contributed by atoms with Crippen molar-refractivity contribution in [3.63, 3.8) is 0 Å². The maximum Gasteiger partial charge on any atom is 0.0788 e. The summed E-state index contributed by atoms with van der Waals surface area (Å²) in [5.41, 5.74) is 4.13. The van der Waals surface area contributed by atoms with Crippen LogP contribution in [0.4, 0.5) is 0 Å². The molecule has 0 heterocycles. The van der Waals surface area contributed by atoms with Gasteiger partial charge in [0.1, 0.15) is 0 Å². The van der Waals surface area contributed by atoms with Gasteiger partial charge in [0.15, 0.2) is 0 Å². The van der Waals surface area contributed by atoms with E-state index in [0.29, 0.717) is 18.6 Å². The second-order valence-electron chi connectivity index (χ2n) is 12.0. The predicted molar refractivity (Wildman–Crippen MR) is 146 cm³/mol. The van der Waals surface area contributed by atoms with Crippen molar-refractivity contribution in [3.05, 3.63) is 34.9 Å². The van der Waals surface area contributed by atoms with Crippen molar-refractivity contribution in [2.45, 2.75) is 123 Å². The van der Waals surface area contributed by atoms with E-state index in [4.69, 9.17) is 9.84 Å². The molecule has 0 amide bonds.